The number of nitrogens with one attached hydrogen (secondary N) is 1. The molecular weight excluding hydrogens is 166 g/mol. The summed E-state index contributed by atoms with van der Waals surface area (Å²) in [4.78, 5) is 3.94. The summed E-state index contributed by atoms with van der Waals surface area (Å²) in [6.45, 7) is 4.52. The first-order valence-electron chi connectivity index (χ1n) is 4.63. The third-order valence-electron chi connectivity index (χ3n) is 1.84. The molecule has 13 heavy (non-hydrogen) atoms. The monoisotopic (exact) mass is 183 g/mol. The van der Waals surface area contributed by atoms with E-state index in [0.29, 0.717) is 0 Å². The van der Waals surface area contributed by atoms with E-state index in [0.717, 1.165) is 26.1 Å². The van der Waals surface area contributed by atoms with Crippen molar-refractivity contribution in [3.05, 3.63) is 18.7 Å². The Bertz CT molecular complexity index is 209. The van der Waals surface area contributed by atoms with Gasteiger partial charge in [0.25, 0.3) is 0 Å². The maximum Gasteiger partial charge on any atom is 0.0946 e. The van der Waals surface area contributed by atoms with Crippen LogP contribution in [0.3, 0.4) is 0 Å². The number of rotatable bonds is 6. The molecule has 0 radical (unpaired) electrons. The second-order valence-corrected chi connectivity index (χ2v) is 3.19. The molecule has 1 aromatic rings. The molecule has 4 heteroatoms. The lowest BCUT2D eigenvalue weighted by molar-refractivity contribution is 0.183. The first-order valence-corrected chi connectivity index (χ1v) is 4.63. The molecule has 0 aromatic carbocycles. The molecular formula is C9H17N3O. The van der Waals surface area contributed by atoms with Gasteiger partial charge in [-0.15, -0.1) is 0 Å². The van der Waals surface area contributed by atoms with Gasteiger partial charge in [-0.1, -0.05) is 0 Å². The van der Waals surface area contributed by atoms with Crippen molar-refractivity contribution in [3.8, 4) is 0 Å². The van der Waals surface area contributed by atoms with Gasteiger partial charge in [-0.25, -0.2) is 4.98 Å². The Morgan fingerprint density at radius 2 is 2.38 bits per heavy atom. The lowest BCUT2D eigenvalue weighted by atomic mass is 10.3. The zero-order chi connectivity index (χ0) is 9.52. The van der Waals surface area contributed by atoms with Crippen LogP contribution in [0.5, 0.6) is 0 Å². The second-order valence-electron chi connectivity index (χ2n) is 3.19. The summed E-state index contributed by atoms with van der Waals surface area (Å²) in [5.74, 6) is 0. The summed E-state index contributed by atoms with van der Waals surface area (Å²) in [6, 6.07) is 0. The van der Waals surface area contributed by atoms with Gasteiger partial charge in [0.2, 0.25) is 0 Å². The van der Waals surface area contributed by atoms with Crippen molar-refractivity contribution in [3.63, 3.8) is 0 Å². The number of aliphatic hydroxyl groups is 1. The maximum atomic E-state index is 8.98. The van der Waals surface area contributed by atoms with Gasteiger partial charge >= 0.3 is 0 Å². The van der Waals surface area contributed by atoms with Gasteiger partial charge in [0.1, 0.15) is 0 Å². The highest BCUT2D eigenvalue weighted by molar-refractivity contribution is 4.74. The predicted octanol–water partition coefficient (Wildman–Crippen LogP) is 0.244. The number of nitrogens with zero attached hydrogens (tertiary/aromatic N) is 2. The lowest BCUT2D eigenvalue weighted by Gasteiger charge is -2.06. The average Bonchev–Trinajstić information content (AvgIpc) is 2.55. The normalized spacial score (nSPS) is 13.1. The zero-order valence-electron chi connectivity index (χ0n) is 7.98. The van der Waals surface area contributed by atoms with Crippen molar-refractivity contribution in [2.24, 2.45) is 0 Å². The largest absolute Gasteiger partial charge is 0.393 e. The third kappa shape index (κ3) is 4.65. The molecule has 1 rings (SSSR count). The summed E-state index contributed by atoms with van der Waals surface area (Å²) in [7, 11) is 0. The van der Waals surface area contributed by atoms with Crippen LogP contribution in [-0.4, -0.2) is 33.9 Å². The fourth-order valence-electron chi connectivity index (χ4n) is 1.06. The van der Waals surface area contributed by atoms with Gasteiger partial charge in [0, 0.05) is 25.5 Å². The summed E-state index contributed by atoms with van der Waals surface area (Å²) < 4.78 is 2.02. The predicted molar refractivity (Wildman–Crippen MR) is 51.4 cm³/mol. The van der Waals surface area contributed by atoms with E-state index in [1.165, 1.54) is 0 Å². The minimum absolute atomic E-state index is 0.208. The Balaban J connectivity index is 1.96. The highest BCUT2D eigenvalue weighted by Crippen LogP contribution is 1.87. The SMILES string of the molecule is CC(O)CCNCCn1ccnc1. The van der Waals surface area contributed by atoms with Crippen LogP contribution < -0.4 is 5.32 Å². The molecule has 0 spiro atoms. The summed E-state index contributed by atoms with van der Waals surface area (Å²) in [5.41, 5.74) is 0. The summed E-state index contributed by atoms with van der Waals surface area (Å²) in [6.07, 6.45) is 6.12. The lowest BCUT2D eigenvalue weighted by Crippen LogP contribution is -2.23. The molecule has 1 aromatic heterocycles. The highest BCUT2D eigenvalue weighted by Gasteiger charge is 1.94. The molecule has 1 heterocycles. The van der Waals surface area contributed by atoms with Crippen LogP contribution in [0.15, 0.2) is 18.7 Å². The summed E-state index contributed by atoms with van der Waals surface area (Å²) >= 11 is 0. The quantitative estimate of drug-likeness (QED) is 0.621. The van der Waals surface area contributed by atoms with Crippen molar-refractivity contribution in [2.45, 2.75) is 26.0 Å². The Morgan fingerprint density at radius 3 is 3.00 bits per heavy atom. The molecule has 0 saturated carbocycles. The molecule has 2 N–H and O–H groups in total. The smallest absolute Gasteiger partial charge is 0.0946 e. The maximum absolute atomic E-state index is 8.98. The molecule has 0 aliphatic rings. The molecule has 0 amide bonds. The van der Waals surface area contributed by atoms with Crippen LogP contribution in [0.2, 0.25) is 0 Å². The van der Waals surface area contributed by atoms with E-state index in [4.69, 9.17) is 5.11 Å². The first kappa shape index (κ1) is 10.2. The van der Waals surface area contributed by atoms with Crippen molar-refractivity contribution in [1.29, 1.82) is 0 Å². The molecule has 0 aliphatic carbocycles. The minimum Gasteiger partial charge on any atom is -0.393 e. The van der Waals surface area contributed by atoms with Gasteiger partial charge in [0.05, 0.1) is 12.4 Å². The van der Waals surface area contributed by atoms with E-state index in [1.807, 2.05) is 10.8 Å². The standard InChI is InChI=1S/C9H17N3O/c1-9(13)2-3-10-4-6-12-7-5-11-8-12/h5,7-10,13H,2-4,6H2,1H3. The van der Waals surface area contributed by atoms with Gasteiger partial charge in [-0.3, -0.25) is 0 Å². The van der Waals surface area contributed by atoms with E-state index in [9.17, 15) is 0 Å². The van der Waals surface area contributed by atoms with Crippen molar-refractivity contribution < 1.29 is 5.11 Å². The van der Waals surface area contributed by atoms with Gasteiger partial charge in [-0.05, 0) is 19.9 Å². The first-order chi connectivity index (χ1) is 6.29. The molecule has 74 valence electrons. The average molecular weight is 183 g/mol. The highest BCUT2D eigenvalue weighted by atomic mass is 16.3. The number of hydrogen-bond donors (Lipinski definition) is 2. The van der Waals surface area contributed by atoms with E-state index in [1.54, 1.807) is 19.4 Å². The summed E-state index contributed by atoms with van der Waals surface area (Å²) in [5, 5.41) is 12.2. The Kier molecular flexibility index (Phi) is 4.49. The van der Waals surface area contributed by atoms with Crippen molar-refractivity contribution in [2.75, 3.05) is 13.1 Å². The zero-order valence-corrected chi connectivity index (χ0v) is 7.98. The number of aliphatic hydroxyl groups excluding tert-OH is 1. The Hall–Kier alpha value is -0.870. The van der Waals surface area contributed by atoms with E-state index in [2.05, 4.69) is 10.3 Å². The van der Waals surface area contributed by atoms with E-state index >= 15 is 0 Å². The van der Waals surface area contributed by atoms with Crippen LogP contribution in [0.25, 0.3) is 0 Å². The van der Waals surface area contributed by atoms with Gasteiger partial charge < -0.3 is 15.0 Å². The molecule has 0 saturated heterocycles. The molecule has 0 fully saturated rings. The Morgan fingerprint density at radius 1 is 1.54 bits per heavy atom. The minimum atomic E-state index is -0.208. The number of aromatic nitrogens is 2. The molecule has 0 bridgehead atoms. The fourth-order valence-corrected chi connectivity index (χ4v) is 1.06. The topological polar surface area (TPSA) is 50.1 Å². The Labute approximate surface area is 78.6 Å². The fraction of sp³-hybridized carbons (Fsp3) is 0.667. The molecule has 1 atom stereocenters. The second kappa shape index (κ2) is 5.72. The molecule has 1 unspecified atom stereocenters. The van der Waals surface area contributed by atoms with Crippen molar-refractivity contribution in [1.82, 2.24) is 14.9 Å². The van der Waals surface area contributed by atoms with E-state index < -0.39 is 0 Å². The van der Waals surface area contributed by atoms with Crippen LogP contribution in [0, 0.1) is 0 Å². The van der Waals surface area contributed by atoms with Gasteiger partial charge in [-0.2, -0.15) is 0 Å². The molecule has 4 nitrogen and oxygen atoms in total. The van der Waals surface area contributed by atoms with Gasteiger partial charge in [0.15, 0.2) is 0 Å². The van der Waals surface area contributed by atoms with Crippen LogP contribution >= 0.6 is 0 Å². The number of hydrogen-bond acceptors (Lipinski definition) is 3. The third-order valence-corrected chi connectivity index (χ3v) is 1.84. The molecule has 0 aliphatic heterocycles. The number of imidazole rings is 1. The van der Waals surface area contributed by atoms with Crippen molar-refractivity contribution >= 4 is 0 Å². The van der Waals surface area contributed by atoms with E-state index in [-0.39, 0.29) is 6.10 Å². The van der Waals surface area contributed by atoms with Crippen LogP contribution in [-0.2, 0) is 6.54 Å². The van der Waals surface area contributed by atoms with Crippen LogP contribution in [0.1, 0.15) is 13.3 Å². The van der Waals surface area contributed by atoms with Crippen LogP contribution in [0.4, 0.5) is 0 Å².